The van der Waals surface area contributed by atoms with Gasteiger partial charge in [-0.25, -0.2) is 4.39 Å². The fraction of sp³-hybridized carbons (Fsp3) is 0.478. The molecular weight excluding hydrogens is 325 g/mol. The number of hydrogen-bond acceptors (Lipinski definition) is 2. The average molecular weight is 355 g/mol. The molecule has 140 valence electrons. The zero-order chi connectivity index (χ0) is 18.5. The third kappa shape index (κ3) is 4.52. The number of rotatable bonds is 7. The molecule has 0 aromatic heterocycles. The molecule has 1 aliphatic heterocycles. The first-order valence-electron chi connectivity index (χ1n) is 9.70. The molecule has 3 rings (SSSR count). The second kappa shape index (κ2) is 8.32. The Labute approximate surface area is 156 Å². The SMILES string of the molecule is CC[C@@]1(C)C[C@@](CCNCc2ccccc2)(c2ccc(F)cc2)CCO1. The average Bonchev–Trinajstić information content (AvgIpc) is 2.67. The molecule has 0 bridgehead atoms. The molecule has 0 radical (unpaired) electrons. The minimum Gasteiger partial charge on any atom is -0.375 e. The van der Waals surface area contributed by atoms with Crippen LogP contribution in [0.2, 0.25) is 0 Å². The highest BCUT2D eigenvalue weighted by Gasteiger charge is 2.43. The minimum absolute atomic E-state index is 0.0421. The third-order valence-corrected chi connectivity index (χ3v) is 5.90. The summed E-state index contributed by atoms with van der Waals surface area (Å²) in [6.07, 6.45) is 3.99. The number of nitrogens with one attached hydrogen (secondary N) is 1. The first-order valence-corrected chi connectivity index (χ1v) is 9.70. The van der Waals surface area contributed by atoms with E-state index in [0.717, 1.165) is 45.4 Å². The van der Waals surface area contributed by atoms with Crippen LogP contribution in [0.15, 0.2) is 54.6 Å². The quantitative estimate of drug-likeness (QED) is 0.687. The first-order chi connectivity index (χ1) is 12.6. The minimum atomic E-state index is -0.170. The largest absolute Gasteiger partial charge is 0.375 e. The summed E-state index contributed by atoms with van der Waals surface area (Å²) in [5, 5.41) is 3.59. The van der Waals surface area contributed by atoms with Crippen molar-refractivity contribution >= 4 is 0 Å². The Morgan fingerprint density at radius 3 is 2.50 bits per heavy atom. The molecule has 2 aromatic rings. The van der Waals surface area contributed by atoms with Gasteiger partial charge in [-0.3, -0.25) is 0 Å². The topological polar surface area (TPSA) is 21.3 Å². The van der Waals surface area contributed by atoms with Crippen LogP contribution in [-0.2, 0) is 16.7 Å². The van der Waals surface area contributed by atoms with Crippen LogP contribution in [0, 0.1) is 5.82 Å². The Morgan fingerprint density at radius 1 is 1.08 bits per heavy atom. The normalized spacial score (nSPS) is 26.0. The summed E-state index contributed by atoms with van der Waals surface area (Å²) >= 11 is 0. The summed E-state index contributed by atoms with van der Waals surface area (Å²) < 4.78 is 19.6. The van der Waals surface area contributed by atoms with Gasteiger partial charge in [-0.15, -0.1) is 0 Å². The van der Waals surface area contributed by atoms with E-state index in [1.165, 1.54) is 11.1 Å². The van der Waals surface area contributed by atoms with E-state index in [4.69, 9.17) is 4.74 Å². The van der Waals surface area contributed by atoms with E-state index in [1.54, 1.807) is 12.1 Å². The predicted molar refractivity (Wildman–Crippen MR) is 105 cm³/mol. The fourth-order valence-electron chi connectivity index (χ4n) is 4.14. The lowest BCUT2D eigenvalue weighted by Crippen LogP contribution is -2.46. The summed E-state index contributed by atoms with van der Waals surface area (Å²) in [5.41, 5.74) is 2.48. The van der Waals surface area contributed by atoms with Gasteiger partial charge in [0.25, 0.3) is 0 Å². The molecule has 1 N–H and O–H groups in total. The molecule has 1 saturated heterocycles. The molecule has 2 aromatic carbocycles. The highest BCUT2D eigenvalue weighted by molar-refractivity contribution is 5.28. The van der Waals surface area contributed by atoms with Crippen LogP contribution in [0.25, 0.3) is 0 Å². The van der Waals surface area contributed by atoms with Crippen molar-refractivity contribution in [3.8, 4) is 0 Å². The highest BCUT2D eigenvalue weighted by atomic mass is 19.1. The van der Waals surface area contributed by atoms with Crippen molar-refractivity contribution in [2.45, 2.75) is 57.1 Å². The Balaban J connectivity index is 1.72. The predicted octanol–water partition coefficient (Wildman–Crippen LogP) is 5.22. The van der Waals surface area contributed by atoms with Crippen LogP contribution in [0.4, 0.5) is 4.39 Å². The Bertz CT molecular complexity index is 687. The zero-order valence-corrected chi connectivity index (χ0v) is 15.9. The smallest absolute Gasteiger partial charge is 0.123 e. The maximum absolute atomic E-state index is 13.5. The van der Waals surface area contributed by atoms with Gasteiger partial charge in [0.15, 0.2) is 0 Å². The van der Waals surface area contributed by atoms with Crippen molar-refractivity contribution in [3.63, 3.8) is 0 Å². The molecule has 1 fully saturated rings. The Hall–Kier alpha value is -1.71. The molecule has 2 nitrogen and oxygen atoms in total. The lowest BCUT2D eigenvalue weighted by atomic mass is 9.66. The van der Waals surface area contributed by atoms with Crippen molar-refractivity contribution in [2.75, 3.05) is 13.2 Å². The van der Waals surface area contributed by atoms with E-state index in [9.17, 15) is 4.39 Å². The van der Waals surface area contributed by atoms with E-state index < -0.39 is 0 Å². The van der Waals surface area contributed by atoms with E-state index >= 15 is 0 Å². The van der Waals surface area contributed by atoms with Gasteiger partial charge >= 0.3 is 0 Å². The number of hydrogen-bond donors (Lipinski definition) is 1. The van der Waals surface area contributed by atoms with Gasteiger partial charge in [0.2, 0.25) is 0 Å². The van der Waals surface area contributed by atoms with Gasteiger partial charge in [0.05, 0.1) is 5.60 Å². The fourth-order valence-corrected chi connectivity index (χ4v) is 4.14. The van der Waals surface area contributed by atoms with Gasteiger partial charge in [0.1, 0.15) is 5.82 Å². The van der Waals surface area contributed by atoms with Crippen molar-refractivity contribution in [3.05, 3.63) is 71.5 Å². The monoisotopic (exact) mass is 355 g/mol. The highest BCUT2D eigenvalue weighted by Crippen LogP contribution is 2.45. The van der Waals surface area contributed by atoms with Gasteiger partial charge in [-0.2, -0.15) is 0 Å². The number of ether oxygens (including phenoxy) is 1. The van der Waals surface area contributed by atoms with Gasteiger partial charge in [-0.1, -0.05) is 49.4 Å². The number of benzene rings is 2. The molecule has 1 heterocycles. The van der Waals surface area contributed by atoms with Crippen LogP contribution in [0.1, 0.15) is 50.7 Å². The molecule has 26 heavy (non-hydrogen) atoms. The van der Waals surface area contributed by atoms with E-state index in [0.29, 0.717) is 0 Å². The van der Waals surface area contributed by atoms with Crippen LogP contribution in [0.3, 0.4) is 0 Å². The summed E-state index contributed by atoms with van der Waals surface area (Å²) in [6, 6.07) is 17.6. The molecule has 1 aliphatic rings. The van der Waals surface area contributed by atoms with Crippen molar-refractivity contribution < 1.29 is 9.13 Å². The Kier molecular flexibility index (Phi) is 6.10. The second-order valence-corrected chi connectivity index (χ2v) is 7.78. The third-order valence-electron chi connectivity index (χ3n) is 5.90. The van der Waals surface area contributed by atoms with Gasteiger partial charge < -0.3 is 10.1 Å². The Morgan fingerprint density at radius 2 is 1.81 bits per heavy atom. The molecule has 0 spiro atoms. The summed E-state index contributed by atoms with van der Waals surface area (Å²) in [7, 11) is 0. The lowest BCUT2D eigenvalue weighted by molar-refractivity contribution is -0.0979. The molecule has 0 aliphatic carbocycles. The van der Waals surface area contributed by atoms with Crippen LogP contribution < -0.4 is 5.32 Å². The standard InChI is InChI=1S/C23H30FNO/c1-3-22(2)18-23(14-16-26-22,20-9-11-21(24)12-10-20)13-15-25-17-19-7-5-4-6-8-19/h4-12,25H,3,13-18H2,1-2H3/t22-,23-/m0/s1. The molecule has 3 heteroatoms. The molecule has 0 amide bonds. The molecular formula is C23H30FNO. The van der Waals surface area contributed by atoms with Crippen molar-refractivity contribution in [1.82, 2.24) is 5.32 Å². The molecule has 0 unspecified atom stereocenters. The van der Waals surface area contributed by atoms with Crippen molar-refractivity contribution in [1.29, 1.82) is 0 Å². The summed E-state index contributed by atoms with van der Waals surface area (Å²) in [4.78, 5) is 0. The number of halogens is 1. The van der Waals surface area contributed by atoms with Crippen molar-refractivity contribution in [2.24, 2.45) is 0 Å². The maximum Gasteiger partial charge on any atom is 0.123 e. The van der Waals surface area contributed by atoms with Gasteiger partial charge in [0, 0.05) is 18.6 Å². The van der Waals surface area contributed by atoms with E-state index in [-0.39, 0.29) is 16.8 Å². The summed E-state index contributed by atoms with van der Waals surface area (Å²) in [5.74, 6) is -0.170. The molecule has 2 atom stereocenters. The zero-order valence-electron chi connectivity index (χ0n) is 15.9. The van der Waals surface area contributed by atoms with Crippen LogP contribution >= 0.6 is 0 Å². The second-order valence-electron chi connectivity index (χ2n) is 7.78. The molecule has 0 saturated carbocycles. The first kappa shape index (κ1) is 19.1. The van der Waals surface area contributed by atoms with Gasteiger partial charge in [-0.05, 0) is 62.4 Å². The summed E-state index contributed by atoms with van der Waals surface area (Å²) in [6.45, 7) is 6.98. The lowest BCUT2D eigenvalue weighted by Gasteiger charge is -2.47. The van der Waals surface area contributed by atoms with E-state index in [2.05, 4.69) is 43.4 Å². The maximum atomic E-state index is 13.5. The van der Waals surface area contributed by atoms with Crippen LogP contribution in [0.5, 0.6) is 0 Å². The van der Waals surface area contributed by atoms with E-state index in [1.807, 2.05) is 18.2 Å². The van der Waals surface area contributed by atoms with Crippen LogP contribution in [-0.4, -0.2) is 18.8 Å².